The first-order valence-electron chi connectivity index (χ1n) is 9.06. The Labute approximate surface area is 141 Å². The summed E-state index contributed by atoms with van der Waals surface area (Å²) in [6.45, 7) is 5.82. The van der Waals surface area contributed by atoms with E-state index in [-0.39, 0.29) is 0 Å². The molecule has 4 nitrogen and oxygen atoms in total. The fourth-order valence-electron chi connectivity index (χ4n) is 3.16. The molecule has 0 radical (unpaired) electrons. The van der Waals surface area contributed by atoms with Crippen LogP contribution in [0.2, 0.25) is 0 Å². The monoisotopic (exact) mass is 316 g/mol. The van der Waals surface area contributed by atoms with Crippen LogP contribution in [0.25, 0.3) is 0 Å². The summed E-state index contributed by atoms with van der Waals surface area (Å²) in [5.74, 6) is 0.934. The van der Waals surface area contributed by atoms with E-state index in [0.717, 1.165) is 44.6 Å². The highest BCUT2D eigenvalue weighted by molar-refractivity contribution is 5.79. The number of likely N-dealkylation sites (N-methyl/N-ethyl adjacent to an activating group) is 1. The molecule has 1 aliphatic rings. The van der Waals surface area contributed by atoms with Gasteiger partial charge in [-0.1, -0.05) is 43.2 Å². The highest BCUT2D eigenvalue weighted by atomic mass is 15.2. The predicted molar refractivity (Wildman–Crippen MR) is 99.0 cm³/mol. The average molecular weight is 316 g/mol. The molecule has 0 unspecified atom stereocenters. The number of nitrogens with one attached hydrogen (secondary N) is 2. The summed E-state index contributed by atoms with van der Waals surface area (Å²) in [5.41, 5.74) is 1.36. The van der Waals surface area contributed by atoms with Crippen LogP contribution in [-0.2, 0) is 6.42 Å². The lowest BCUT2D eigenvalue weighted by Crippen LogP contribution is -2.39. The normalized spacial score (nSPS) is 16.0. The van der Waals surface area contributed by atoms with E-state index in [1.165, 1.54) is 31.2 Å². The van der Waals surface area contributed by atoms with E-state index >= 15 is 0 Å². The van der Waals surface area contributed by atoms with Crippen LogP contribution in [-0.4, -0.2) is 50.1 Å². The minimum atomic E-state index is 0.777. The molecule has 1 aliphatic carbocycles. The van der Waals surface area contributed by atoms with Crippen LogP contribution < -0.4 is 10.6 Å². The Morgan fingerprint density at radius 1 is 1.17 bits per heavy atom. The molecule has 128 valence electrons. The molecule has 0 bridgehead atoms. The number of guanidine groups is 1. The Balaban J connectivity index is 1.71. The van der Waals surface area contributed by atoms with E-state index in [0.29, 0.717) is 0 Å². The molecular weight excluding hydrogens is 284 g/mol. The van der Waals surface area contributed by atoms with Gasteiger partial charge in [-0.3, -0.25) is 4.99 Å². The minimum absolute atomic E-state index is 0.777. The van der Waals surface area contributed by atoms with Crippen molar-refractivity contribution >= 4 is 5.96 Å². The van der Waals surface area contributed by atoms with Crippen molar-refractivity contribution in [3.8, 4) is 0 Å². The van der Waals surface area contributed by atoms with Gasteiger partial charge in [0.15, 0.2) is 5.96 Å². The molecule has 0 saturated heterocycles. The third kappa shape index (κ3) is 6.61. The van der Waals surface area contributed by atoms with Gasteiger partial charge in [0.1, 0.15) is 0 Å². The van der Waals surface area contributed by atoms with Crippen molar-refractivity contribution in [3.05, 3.63) is 35.9 Å². The Bertz CT molecular complexity index is 452. The van der Waals surface area contributed by atoms with Crippen LogP contribution in [0, 0.1) is 0 Å². The maximum Gasteiger partial charge on any atom is 0.191 e. The molecule has 1 fully saturated rings. The van der Waals surface area contributed by atoms with Gasteiger partial charge in [0.25, 0.3) is 0 Å². The summed E-state index contributed by atoms with van der Waals surface area (Å²) in [4.78, 5) is 7.19. The van der Waals surface area contributed by atoms with Crippen molar-refractivity contribution in [3.63, 3.8) is 0 Å². The van der Waals surface area contributed by atoms with Gasteiger partial charge >= 0.3 is 0 Å². The van der Waals surface area contributed by atoms with Gasteiger partial charge in [-0.05, 0) is 38.8 Å². The second kappa shape index (κ2) is 10.3. The number of rotatable bonds is 8. The molecular formula is C19H32N4. The molecule has 0 heterocycles. The topological polar surface area (TPSA) is 39.7 Å². The summed E-state index contributed by atoms with van der Waals surface area (Å²) in [5, 5.41) is 6.77. The second-order valence-electron chi connectivity index (χ2n) is 6.34. The van der Waals surface area contributed by atoms with E-state index < -0.39 is 0 Å². The molecule has 0 aromatic heterocycles. The summed E-state index contributed by atoms with van der Waals surface area (Å²) in [7, 11) is 2.24. The van der Waals surface area contributed by atoms with Crippen molar-refractivity contribution in [1.29, 1.82) is 0 Å². The molecule has 0 aliphatic heterocycles. The highest BCUT2D eigenvalue weighted by Gasteiger charge is 2.18. The van der Waals surface area contributed by atoms with Crippen LogP contribution >= 0.6 is 0 Å². The lowest BCUT2D eigenvalue weighted by molar-refractivity contribution is 0.252. The number of nitrogens with zero attached hydrogens (tertiary/aromatic N) is 2. The fourth-order valence-corrected chi connectivity index (χ4v) is 3.16. The first-order chi connectivity index (χ1) is 11.3. The van der Waals surface area contributed by atoms with E-state index in [1.807, 2.05) is 0 Å². The minimum Gasteiger partial charge on any atom is -0.357 e. The van der Waals surface area contributed by atoms with Crippen molar-refractivity contribution in [1.82, 2.24) is 15.5 Å². The number of hydrogen-bond donors (Lipinski definition) is 2. The smallest absolute Gasteiger partial charge is 0.191 e. The third-order valence-electron chi connectivity index (χ3n) is 4.56. The van der Waals surface area contributed by atoms with E-state index in [4.69, 9.17) is 4.99 Å². The van der Waals surface area contributed by atoms with Gasteiger partial charge in [0.05, 0.1) is 6.54 Å². The Morgan fingerprint density at radius 2 is 1.91 bits per heavy atom. The zero-order valence-corrected chi connectivity index (χ0v) is 14.7. The molecule has 2 N–H and O–H groups in total. The van der Waals surface area contributed by atoms with Gasteiger partial charge in [0, 0.05) is 25.7 Å². The van der Waals surface area contributed by atoms with Crippen LogP contribution in [0.3, 0.4) is 0 Å². The van der Waals surface area contributed by atoms with Gasteiger partial charge in [-0.25, -0.2) is 0 Å². The Kier molecular flexibility index (Phi) is 7.95. The molecule has 0 atom stereocenters. The van der Waals surface area contributed by atoms with Gasteiger partial charge in [0.2, 0.25) is 0 Å². The van der Waals surface area contributed by atoms with E-state index in [2.05, 4.69) is 59.8 Å². The average Bonchev–Trinajstić information content (AvgIpc) is 3.10. The summed E-state index contributed by atoms with van der Waals surface area (Å²) in [6, 6.07) is 11.4. The van der Waals surface area contributed by atoms with Gasteiger partial charge < -0.3 is 15.5 Å². The molecule has 4 heteroatoms. The van der Waals surface area contributed by atoms with Crippen molar-refractivity contribution in [2.45, 2.75) is 45.1 Å². The number of benzene rings is 1. The zero-order chi connectivity index (χ0) is 16.3. The molecule has 1 aromatic rings. The van der Waals surface area contributed by atoms with Crippen LogP contribution in [0.4, 0.5) is 0 Å². The number of hydrogen-bond acceptors (Lipinski definition) is 2. The summed E-state index contributed by atoms with van der Waals surface area (Å²) < 4.78 is 0. The van der Waals surface area contributed by atoms with E-state index in [9.17, 15) is 0 Å². The quantitative estimate of drug-likeness (QED) is 0.572. The summed E-state index contributed by atoms with van der Waals surface area (Å²) in [6.07, 6.45) is 6.52. The summed E-state index contributed by atoms with van der Waals surface area (Å²) >= 11 is 0. The van der Waals surface area contributed by atoms with Crippen LogP contribution in [0.1, 0.15) is 38.2 Å². The maximum atomic E-state index is 4.71. The molecule has 23 heavy (non-hydrogen) atoms. The predicted octanol–water partition coefficient (Wildman–Crippen LogP) is 2.66. The lowest BCUT2D eigenvalue weighted by atomic mass is 10.1. The van der Waals surface area contributed by atoms with Crippen molar-refractivity contribution < 1.29 is 0 Å². The third-order valence-corrected chi connectivity index (χ3v) is 4.56. The molecule has 1 saturated carbocycles. The Hall–Kier alpha value is -1.55. The SMILES string of the molecule is CCNC(=NCCN(C)C1CCCC1)NCCc1ccccc1. The number of aliphatic imine (C=N–C) groups is 1. The standard InChI is InChI=1S/C19H32N4/c1-3-20-19(21-14-13-17-9-5-4-6-10-17)22-15-16-23(2)18-11-7-8-12-18/h4-6,9-10,18H,3,7-8,11-16H2,1-2H3,(H2,20,21,22). The fraction of sp³-hybridized carbons (Fsp3) is 0.632. The van der Waals surface area contributed by atoms with Crippen LogP contribution in [0.5, 0.6) is 0 Å². The first kappa shape index (κ1) is 17.8. The Morgan fingerprint density at radius 3 is 2.61 bits per heavy atom. The van der Waals surface area contributed by atoms with E-state index in [1.54, 1.807) is 0 Å². The molecule has 0 spiro atoms. The van der Waals surface area contributed by atoms with Gasteiger partial charge in [-0.15, -0.1) is 0 Å². The molecule has 2 rings (SSSR count). The van der Waals surface area contributed by atoms with Gasteiger partial charge in [-0.2, -0.15) is 0 Å². The van der Waals surface area contributed by atoms with Crippen LogP contribution in [0.15, 0.2) is 35.3 Å². The van der Waals surface area contributed by atoms with Crippen molar-refractivity contribution in [2.24, 2.45) is 4.99 Å². The molecule has 0 amide bonds. The highest BCUT2D eigenvalue weighted by Crippen LogP contribution is 2.21. The van der Waals surface area contributed by atoms with Crippen molar-refractivity contribution in [2.75, 3.05) is 33.2 Å². The maximum absolute atomic E-state index is 4.71. The first-order valence-corrected chi connectivity index (χ1v) is 9.06. The largest absolute Gasteiger partial charge is 0.357 e. The lowest BCUT2D eigenvalue weighted by Gasteiger charge is -2.23. The zero-order valence-electron chi connectivity index (χ0n) is 14.7. The second-order valence-corrected chi connectivity index (χ2v) is 6.34. The molecule has 1 aromatic carbocycles.